The van der Waals surface area contributed by atoms with E-state index in [0.717, 1.165) is 50.8 Å². The summed E-state index contributed by atoms with van der Waals surface area (Å²) in [6.45, 7) is 6.54. The third-order valence-electron chi connectivity index (χ3n) is 3.92. The van der Waals surface area contributed by atoms with Gasteiger partial charge in [0.2, 0.25) is 0 Å². The van der Waals surface area contributed by atoms with Crippen LogP contribution in [0.1, 0.15) is 23.5 Å². The van der Waals surface area contributed by atoms with Crippen molar-refractivity contribution in [2.24, 2.45) is 0 Å². The van der Waals surface area contributed by atoms with Crippen LogP contribution in [-0.2, 0) is 11.2 Å². The van der Waals surface area contributed by atoms with Crippen LogP contribution in [0.3, 0.4) is 0 Å². The van der Waals surface area contributed by atoms with Gasteiger partial charge in [-0.05, 0) is 17.9 Å². The van der Waals surface area contributed by atoms with Gasteiger partial charge in [0.05, 0.1) is 19.3 Å². The maximum atomic E-state index is 5.48. The number of hydrogen-bond donors (Lipinski definition) is 1. The molecule has 5 nitrogen and oxygen atoms in total. The van der Waals surface area contributed by atoms with Gasteiger partial charge in [0.15, 0.2) is 0 Å². The number of thiophene rings is 1. The molecule has 6 heteroatoms. The van der Waals surface area contributed by atoms with E-state index in [4.69, 9.17) is 4.74 Å². The number of anilines is 1. The molecule has 0 aromatic carbocycles. The van der Waals surface area contributed by atoms with Crippen molar-refractivity contribution >= 4 is 17.2 Å². The molecule has 0 radical (unpaired) electrons. The summed E-state index contributed by atoms with van der Waals surface area (Å²) < 4.78 is 5.48. The first-order valence-corrected chi connectivity index (χ1v) is 8.64. The number of aryl methyl sites for hydroxylation is 1. The number of nitrogens with zero attached hydrogens (tertiary/aromatic N) is 3. The largest absolute Gasteiger partial charge is 0.379 e. The molecular formula is C16H22N4OS. The normalized spacial score (nSPS) is 17.3. The highest BCUT2D eigenvalue weighted by Gasteiger charge is 2.23. The Bertz CT molecular complexity index is 569. The molecule has 0 amide bonds. The lowest BCUT2D eigenvalue weighted by Gasteiger charge is -2.34. The zero-order chi connectivity index (χ0) is 15.2. The standard InChI is InChI=1S/C16H22N4OS/c1-2-13-10-16(19-12-18-13)17-11-14(15-4-3-9-22-15)20-5-7-21-8-6-20/h3-4,9-10,12,14H,2,5-8,11H2,1H3,(H,17,18,19)/t14-/m0/s1. The van der Waals surface area contributed by atoms with Crippen LogP contribution in [0.15, 0.2) is 29.9 Å². The summed E-state index contributed by atoms with van der Waals surface area (Å²) in [6.07, 6.45) is 2.56. The quantitative estimate of drug-likeness (QED) is 0.887. The Morgan fingerprint density at radius 1 is 1.36 bits per heavy atom. The smallest absolute Gasteiger partial charge is 0.129 e. The molecule has 1 N–H and O–H groups in total. The summed E-state index contributed by atoms with van der Waals surface area (Å²) in [6, 6.07) is 6.73. The number of rotatable bonds is 6. The van der Waals surface area contributed by atoms with Crippen LogP contribution in [0.25, 0.3) is 0 Å². The predicted molar refractivity (Wildman–Crippen MR) is 89.4 cm³/mol. The second kappa shape index (κ2) is 7.67. The third kappa shape index (κ3) is 3.82. The lowest BCUT2D eigenvalue weighted by molar-refractivity contribution is 0.0194. The first-order valence-electron chi connectivity index (χ1n) is 7.77. The fourth-order valence-corrected chi connectivity index (χ4v) is 3.53. The minimum absolute atomic E-state index is 0.365. The van der Waals surface area contributed by atoms with Crippen LogP contribution in [0.5, 0.6) is 0 Å². The van der Waals surface area contributed by atoms with Crippen LogP contribution >= 0.6 is 11.3 Å². The van der Waals surface area contributed by atoms with Crippen molar-refractivity contribution in [1.82, 2.24) is 14.9 Å². The van der Waals surface area contributed by atoms with Gasteiger partial charge in [-0.2, -0.15) is 0 Å². The van der Waals surface area contributed by atoms with Crippen molar-refractivity contribution in [2.75, 3.05) is 38.2 Å². The van der Waals surface area contributed by atoms with E-state index in [9.17, 15) is 0 Å². The van der Waals surface area contributed by atoms with Gasteiger partial charge in [-0.25, -0.2) is 9.97 Å². The number of ether oxygens (including phenoxy) is 1. The van der Waals surface area contributed by atoms with Crippen molar-refractivity contribution < 1.29 is 4.74 Å². The molecule has 0 aliphatic carbocycles. The van der Waals surface area contributed by atoms with Gasteiger partial charge in [-0.15, -0.1) is 11.3 Å². The van der Waals surface area contributed by atoms with E-state index in [-0.39, 0.29) is 0 Å². The first kappa shape index (κ1) is 15.4. The zero-order valence-corrected chi connectivity index (χ0v) is 13.7. The number of morpholine rings is 1. The highest BCUT2D eigenvalue weighted by molar-refractivity contribution is 7.10. The monoisotopic (exact) mass is 318 g/mol. The molecule has 22 heavy (non-hydrogen) atoms. The van der Waals surface area contributed by atoms with E-state index < -0.39 is 0 Å². The summed E-state index contributed by atoms with van der Waals surface area (Å²) >= 11 is 1.81. The van der Waals surface area contributed by atoms with Gasteiger partial charge in [0.25, 0.3) is 0 Å². The molecule has 2 aromatic rings. The van der Waals surface area contributed by atoms with E-state index in [1.807, 2.05) is 17.4 Å². The Morgan fingerprint density at radius 3 is 2.95 bits per heavy atom. The molecule has 1 atom stereocenters. The summed E-state index contributed by atoms with van der Waals surface area (Å²) in [7, 11) is 0. The molecule has 0 bridgehead atoms. The average molecular weight is 318 g/mol. The Labute approximate surface area is 135 Å². The minimum Gasteiger partial charge on any atom is -0.379 e. The zero-order valence-electron chi connectivity index (χ0n) is 12.9. The Morgan fingerprint density at radius 2 is 2.23 bits per heavy atom. The number of aromatic nitrogens is 2. The van der Waals surface area contributed by atoms with Crippen molar-refractivity contribution in [3.8, 4) is 0 Å². The molecule has 0 spiro atoms. The van der Waals surface area contributed by atoms with E-state index in [0.29, 0.717) is 6.04 Å². The van der Waals surface area contributed by atoms with Crippen LogP contribution in [0.4, 0.5) is 5.82 Å². The molecule has 1 fully saturated rings. The van der Waals surface area contributed by atoms with E-state index >= 15 is 0 Å². The summed E-state index contributed by atoms with van der Waals surface area (Å²) in [4.78, 5) is 12.5. The summed E-state index contributed by atoms with van der Waals surface area (Å²) in [5.74, 6) is 0.904. The van der Waals surface area contributed by atoms with Crippen molar-refractivity contribution in [1.29, 1.82) is 0 Å². The van der Waals surface area contributed by atoms with Gasteiger partial charge in [0, 0.05) is 36.3 Å². The SMILES string of the molecule is CCc1cc(NC[C@@H](c2cccs2)N2CCOCC2)ncn1. The highest BCUT2D eigenvalue weighted by atomic mass is 32.1. The summed E-state index contributed by atoms with van der Waals surface area (Å²) in [5, 5.41) is 5.62. The predicted octanol–water partition coefficient (Wildman–Crippen LogP) is 2.59. The maximum absolute atomic E-state index is 5.48. The van der Waals surface area contributed by atoms with E-state index in [2.05, 4.69) is 44.6 Å². The molecule has 1 saturated heterocycles. The van der Waals surface area contributed by atoms with Gasteiger partial charge >= 0.3 is 0 Å². The van der Waals surface area contributed by atoms with Crippen LogP contribution < -0.4 is 5.32 Å². The topological polar surface area (TPSA) is 50.3 Å². The summed E-state index contributed by atoms with van der Waals surface area (Å²) in [5.41, 5.74) is 1.07. The molecule has 3 rings (SSSR count). The highest BCUT2D eigenvalue weighted by Crippen LogP contribution is 2.26. The molecule has 118 valence electrons. The lowest BCUT2D eigenvalue weighted by atomic mass is 10.2. The third-order valence-corrected chi connectivity index (χ3v) is 4.89. The molecular weight excluding hydrogens is 296 g/mol. The van der Waals surface area contributed by atoms with E-state index in [1.54, 1.807) is 6.33 Å². The van der Waals surface area contributed by atoms with Crippen molar-refractivity contribution in [3.63, 3.8) is 0 Å². The molecule has 1 aliphatic heterocycles. The second-order valence-electron chi connectivity index (χ2n) is 5.31. The number of nitrogens with one attached hydrogen (secondary N) is 1. The van der Waals surface area contributed by atoms with Crippen molar-refractivity contribution in [2.45, 2.75) is 19.4 Å². The van der Waals surface area contributed by atoms with Gasteiger partial charge < -0.3 is 10.1 Å². The molecule has 0 saturated carbocycles. The second-order valence-corrected chi connectivity index (χ2v) is 6.29. The molecule has 1 aliphatic rings. The Balaban J connectivity index is 1.69. The van der Waals surface area contributed by atoms with Crippen LogP contribution in [-0.4, -0.2) is 47.7 Å². The molecule has 3 heterocycles. The number of hydrogen-bond acceptors (Lipinski definition) is 6. The van der Waals surface area contributed by atoms with Gasteiger partial charge in [-0.3, -0.25) is 4.90 Å². The lowest BCUT2D eigenvalue weighted by Crippen LogP contribution is -2.41. The minimum atomic E-state index is 0.365. The molecule has 2 aromatic heterocycles. The van der Waals surface area contributed by atoms with Crippen LogP contribution in [0, 0.1) is 0 Å². The van der Waals surface area contributed by atoms with Gasteiger partial charge in [-0.1, -0.05) is 13.0 Å². The molecule has 0 unspecified atom stereocenters. The Hall–Kier alpha value is -1.50. The fraction of sp³-hybridized carbons (Fsp3) is 0.500. The average Bonchev–Trinajstić information content (AvgIpc) is 3.10. The first-order chi connectivity index (χ1) is 10.9. The van der Waals surface area contributed by atoms with E-state index in [1.165, 1.54) is 4.88 Å². The fourth-order valence-electron chi connectivity index (χ4n) is 2.67. The Kier molecular flexibility index (Phi) is 5.37. The van der Waals surface area contributed by atoms with Crippen LogP contribution in [0.2, 0.25) is 0 Å². The van der Waals surface area contributed by atoms with Crippen molar-refractivity contribution in [3.05, 3.63) is 40.5 Å². The van der Waals surface area contributed by atoms with Gasteiger partial charge in [0.1, 0.15) is 12.1 Å². The maximum Gasteiger partial charge on any atom is 0.129 e.